The minimum Gasteiger partial charge on any atom is -0.444 e. The van der Waals surface area contributed by atoms with E-state index >= 15 is 0 Å². The molecule has 112 valence electrons. The molecule has 2 atom stereocenters. The van der Waals surface area contributed by atoms with Gasteiger partial charge in [0, 0.05) is 17.8 Å². The molecule has 5 nitrogen and oxygen atoms in total. The third-order valence-electron chi connectivity index (χ3n) is 3.20. The van der Waals surface area contributed by atoms with Crippen molar-refractivity contribution in [3.05, 3.63) is 16.1 Å². The maximum atomic E-state index is 12.0. The summed E-state index contributed by atoms with van der Waals surface area (Å²) >= 11 is 1.61. The molecular weight excluding hydrogens is 276 g/mol. The fourth-order valence-corrected chi connectivity index (χ4v) is 2.93. The zero-order chi connectivity index (χ0) is 14.9. The van der Waals surface area contributed by atoms with E-state index in [4.69, 9.17) is 4.74 Å². The van der Waals surface area contributed by atoms with Crippen LogP contribution < -0.4 is 0 Å². The normalized spacial score (nSPS) is 23.1. The Morgan fingerprint density at radius 2 is 2.25 bits per heavy atom. The quantitative estimate of drug-likeness (QED) is 0.909. The summed E-state index contributed by atoms with van der Waals surface area (Å²) in [7, 11) is 0. The van der Waals surface area contributed by atoms with Crippen molar-refractivity contribution >= 4 is 17.4 Å². The van der Waals surface area contributed by atoms with Crippen LogP contribution in [-0.4, -0.2) is 45.9 Å². The molecule has 0 bridgehead atoms. The van der Waals surface area contributed by atoms with E-state index in [1.165, 1.54) is 0 Å². The van der Waals surface area contributed by atoms with Gasteiger partial charge in [-0.15, -0.1) is 11.3 Å². The maximum Gasteiger partial charge on any atom is 0.410 e. The highest BCUT2D eigenvalue weighted by molar-refractivity contribution is 7.09. The van der Waals surface area contributed by atoms with Gasteiger partial charge in [0.2, 0.25) is 0 Å². The number of aromatic nitrogens is 1. The highest BCUT2D eigenvalue weighted by atomic mass is 32.1. The van der Waals surface area contributed by atoms with E-state index in [9.17, 15) is 9.90 Å². The zero-order valence-corrected chi connectivity index (χ0v) is 13.2. The number of thiazole rings is 1. The highest BCUT2D eigenvalue weighted by Gasteiger charge is 2.36. The van der Waals surface area contributed by atoms with Crippen molar-refractivity contribution in [1.82, 2.24) is 9.88 Å². The van der Waals surface area contributed by atoms with Crippen LogP contribution in [-0.2, 0) is 11.2 Å². The molecule has 0 radical (unpaired) electrons. The Bertz CT molecular complexity index is 481. The van der Waals surface area contributed by atoms with E-state index < -0.39 is 11.7 Å². The summed E-state index contributed by atoms with van der Waals surface area (Å²) in [6.45, 7) is 8.34. The second-order valence-electron chi connectivity index (χ2n) is 6.27. The third-order valence-corrected chi connectivity index (χ3v) is 4.02. The molecule has 6 heteroatoms. The number of ether oxygens (including phenoxy) is 1. The Kier molecular flexibility index (Phi) is 4.34. The molecule has 1 aliphatic rings. The van der Waals surface area contributed by atoms with Crippen molar-refractivity contribution in [2.24, 2.45) is 5.92 Å². The standard InChI is InChI=1S/C14H22N2O3S/c1-9-15-11(8-20-9)5-10-6-16(7-12(10)17)13(18)19-14(2,3)4/h8,10,12,17H,5-7H2,1-4H3/t10-,12-/m1/s1. The number of nitrogens with zero attached hydrogens (tertiary/aromatic N) is 2. The summed E-state index contributed by atoms with van der Waals surface area (Å²) in [4.78, 5) is 18.0. The van der Waals surface area contributed by atoms with Crippen LogP contribution in [0.5, 0.6) is 0 Å². The number of carbonyl (C=O) groups excluding carboxylic acids is 1. The lowest BCUT2D eigenvalue weighted by atomic mass is 10.0. The van der Waals surface area contributed by atoms with Gasteiger partial charge in [-0.2, -0.15) is 0 Å². The Morgan fingerprint density at radius 1 is 1.55 bits per heavy atom. The first-order valence-electron chi connectivity index (χ1n) is 6.81. The molecule has 1 amide bonds. The van der Waals surface area contributed by atoms with E-state index in [0.29, 0.717) is 19.5 Å². The average molecular weight is 298 g/mol. The van der Waals surface area contributed by atoms with Gasteiger partial charge in [-0.25, -0.2) is 9.78 Å². The van der Waals surface area contributed by atoms with Gasteiger partial charge in [-0.3, -0.25) is 0 Å². The van der Waals surface area contributed by atoms with Crippen molar-refractivity contribution in [2.75, 3.05) is 13.1 Å². The number of aliphatic hydroxyl groups is 1. The van der Waals surface area contributed by atoms with E-state index in [1.807, 2.05) is 33.1 Å². The fraction of sp³-hybridized carbons (Fsp3) is 0.714. The molecule has 1 fully saturated rings. The summed E-state index contributed by atoms with van der Waals surface area (Å²) in [5.74, 6) is 0.0315. The number of aliphatic hydroxyl groups excluding tert-OH is 1. The van der Waals surface area contributed by atoms with Crippen LogP contribution in [0.15, 0.2) is 5.38 Å². The largest absolute Gasteiger partial charge is 0.444 e. The number of β-amino-alcohol motifs (C(OH)–C–C–N with tert-alkyl or cyclic N) is 1. The molecule has 1 aromatic heterocycles. The Morgan fingerprint density at radius 3 is 2.80 bits per heavy atom. The summed E-state index contributed by atoms with van der Waals surface area (Å²) < 4.78 is 5.33. The van der Waals surface area contributed by atoms with Gasteiger partial charge in [0.25, 0.3) is 0 Å². The topological polar surface area (TPSA) is 62.7 Å². The van der Waals surface area contributed by atoms with Gasteiger partial charge in [0.1, 0.15) is 5.60 Å². The third kappa shape index (κ3) is 3.93. The van der Waals surface area contributed by atoms with Gasteiger partial charge < -0.3 is 14.7 Å². The fourth-order valence-electron chi connectivity index (χ4n) is 2.30. The second-order valence-corrected chi connectivity index (χ2v) is 7.34. The lowest BCUT2D eigenvalue weighted by Crippen LogP contribution is -2.35. The molecule has 0 spiro atoms. The van der Waals surface area contributed by atoms with Crippen LogP contribution in [0.3, 0.4) is 0 Å². The van der Waals surface area contributed by atoms with Gasteiger partial charge in [0.15, 0.2) is 0 Å². The number of likely N-dealkylation sites (tertiary alicyclic amines) is 1. The van der Waals surface area contributed by atoms with Crippen LogP contribution in [0.25, 0.3) is 0 Å². The van der Waals surface area contributed by atoms with Crippen molar-refractivity contribution in [1.29, 1.82) is 0 Å². The SMILES string of the molecule is Cc1nc(C[C@@H]2CN(C(=O)OC(C)(C)C)C[C@H]2O)cs1. The highest BCUT2D eigenvalue weighted by Crippen LogP contribution is 2.24. The minimum absolute atomic E-state index is 0.0315. The Hall–Kier alpha value is -1.14. The molecule has 1 saturated heterocycles. The molecule has 2 heterocycles. The van der Waals surface area contributed by atoms with Crippen molar-refractivity contribution in [2.45, 2.75) is 45.8 Å². The number of rotatable bonds is 2. The smallest absolute Gasteiger partial charge is 0.410 e. The first-order valence-corrected chi connectivity index (χ1v) is 7.69. The number of amides is 1. The van der Waals surface area contributed by atoms with E-state index in [-0.39, 0.29) is 12.0 Å². The first-order chi connectivity index (χ1) is 9.24. The van der Waals surface area contributed by atoms with Gasteiger partial charge in [-0.1, -0.05) is 0 Å². The molecule has 1 aromatic rings. The zero-order valence-electron chi connectivity index (χ0n) is 12.4. The predicted octanol–water partition coefficient (Wildman–Crippen LogP) is 2.22. The number of aryl methyl sites for hydroxylation is 1. The van der Waals surface area contributed by atoms with E-state index in [2.05, 4.69) is 4.98 Å². The van der Waals surface area contributed by atoms with Crippen LogP contribution in [0, 0.1) is 12.8 Å². The summed E-state index contributed by atoms with van der Waals surface area (Å²) in [5.41, 5.74) is 0.481. The molecular formula is C14H22N2O3S. The summed E-state index contributed by atoms with van der Waals surface area (Å²) in [6, 6.07) is 0. The minimum atomic E-state index is -0.510. The van der Waals surface area contributed by atoms with Crippen LogP contribution in [0.4, 0.5) is 4.79 Å². The summed E-state index contributed by atoms with van der Waals surface area (Å²) in [5, 5.41) is 13.1. The van der Waals surface area contributed by atoms with Crippen molar-refractivity contribution < 1.29 is 14.6 Å². The first kappa shape index (κ1) is 15.3. The van der Waals surface area contributed by atoms with E-state index in [1.54, 1.807) is 16.2 Å². The second kappa shape index (κ2) is 5.69. The molecule has 0 aromatic carbocycles. The number of hydrogen-bond donors (Lipinski definition) is 1. The van der Waals surface area contributed by atoms with E-state index in [0.717, 1.165) is 10.7 Å². The van der Waals surface area contributed by atoms with Crippen molar-refractivity contribution in [3.8, 4) is 0 Å². The maximum absolute atomic E-state index is 12.0. The lowest BCUT2D eigenvalue weighted by molar-refractivity contribution is 0.0269. The molecule has 1 aliphatic heterocycles. The molecule has 20 heavy (non-hydrogen) atoms. The van der Waals surface area contributed by atoms with Gasteiger partial charge in [0.05, 0.1) is 23.4 Å². The molecule has 1 N–H and O–H groups in total. The van der Waals surface area contributed by atoms with Crippen LogP contribution >= 0.6 is 11.3 Å². The summed E-state index contributed by atoms with van der Waals surface area (Å²) in [6.07, 6.45) is -0.164. The van der Waals surface area contributed by atoms with Gasteiger partial charge in [-0.05, 0) is 34.1 Å². The van der Waals surface area contributed by atoms with Gasteiger partial charge >= 0.3 is 6.09 Å². The Balaban J connectivity index is 1.93. The molecule has 0 aliphatic carbocycles. The predicted molar refractivity (Wildman–Crippen MR) is 77.9 cm³/mol. The van der Waals surface area contributed by atoms with Crippen LogP contribution in [0.2, 0.25) is 0 Å². The molecule has 0 saturated carbocycles. The number of carbonyl (C=O) groups is 1. The average Bonchev–Trinajstić information content (AvgIpc) is 2.85. The van der Waals surface area contributed by atoms with Crippen LogP contribution in [0.1, 0.15) is 31.5 Å². The lowest BCUT2D eigenvalue weighted by Gasteiger charge is -2.24. The number of hydrogen-bond acceptors (Lipinski definition) is 5. The van der Waals surface area contributed by atoms with Crippen molar-refractivity contribution in [3.63, 3.8) is 0 Å². The molecule has 2 rings (SSSR count). The monoisotopic (exact) mass is 298 g/mol. The Labute approximate surface area is 123 Å². The molecule has 0 unspecified atom stereocenters.